The van der Waals surface area contributed by atoms with Gasteiger partial charge < -0.3 is 5.32 Å². The molecular weight excluding hydrogens is 302 g/mol. The second-order valence-corrected chi connectivity index (χ2v) is 6.45. The molecule has 0 aliphatic heterocycles. The molecule has 1 rings (SSSR count). The first kappa shape index (κ1) is 16.7. The average molecular weight is 318 g/mol. The first-order valence-electron chi connectivity index (χ1n) is 6.09. The van der Waals surface area contributed by atoms with Crippen molar-refractivity contribution in [3.63, 3.8) is 0 Å². The standard InChI is InChI=1S/C13H16ClNO4S/c1-2-7-15-13(17)9-20(18,19)11-5-3-10(4-6-11)12(16)8-14/h3-6H,2,7-9H2,1H3,(H,15,17). The molecule has 1 amide bonds. The van der Waals surface area contributed by atoms with Gasteiger partial charge in [-0.25, -0.2) is 8.42 Å². The van der Waals surface area contributed by atoms with Crippen molar-refractivity contribution >= 4 is 33.1 Å². The maximum Gasteiger partial charge on any atom is 0.235 e. The van der Waals surface area contributed by atoms with Crippen LogP contribution in [0.4, 0.5) is 0 Å². The number of benzene rings is 1. The fourth-order valence-electron chi connectivity index (χ4n) is 1.50. The van der Waals surface area contributed by atoms with E-state index in [2.05, 4.69) is 5.32 Å². The molecule has 0 aromatic heterocycles. The van der Waals surface area contributed by atoms with E-state index in [1.165, 1.54) is 24.3 Å². The fraction of sp³-hybridized carbons (Fsp3) is 0.385. The molecule has 0 bridgehead atoms. The topological polar surface area (TPSA) is 80.3 Å². The average Bonchev–Trinajstić information content (AvgIpc) is 2.44. The van der Waals surface area contributed by atoms with Crippen LogP contribution in [0.3, 0.4) is 0 Å². The minimum Gasteiger partial charge on any atom is -0.355 e. The smallest absolute Gasteiger partial charge is 0.235 e. The summed E-state index contributed by atoms with van der Waals surface area (Å²) < 4.78 is 24.0. The summed E-state index contributed by atoms with van der Waals surface area (Å²) in [5, 5.41) is 2.51. The lowest BCUT2D eigenvalue weighted by Gasteiger charge is -2.06. The second-order valence-electron chi connectivity index (χ2n) is 4.19. The lowest BCUT2D eigenvalue weighted by atomic mass is 10.1. The van der Waals surface area contributed by atoms with Crippen molar-refractivity contribution in [1.82, 2.24) is 5.32 Å². The zero-order valence-electron chi connectivity index (χ0n) is 11.1. The molecule has 0 saturated heterocycles. The van der Waals surface area contributed by atoms with Crippen LogP contribution in [0.25, 0.3) is 0 Å². The summed E-state index contributed by atoms with van der Waals surface area (Å²) in [5.74, 6) is -1.58. The molecule has 0 unspecified atom stereocenters. The number of amides is 1. The van der Waals surface area contributed by atoms with Gasteiger partial charge in [0.15, 0.2) is 15.6 Å². The summed E-state index contributed by atoms with van der Waals surface area (Å²) in [5.41, 5.74) is 0.342. The number of ketones is 1. The SMILES string of the molecule is CCCNC(=O)CS(=O)(=O)c1ccc(C(=O)CCl)cc1. The molecule has 0 radical (unpaired) electrons. The number of hydrogen-bond acceptors (Lipinski definition) is 4. The molecule has 0 fully saturated rings. The van der Waals surface area contributed by atoms with E-state index in [1.807, 2.05) is 6.92 Å². The molecule has 1 aromatic carbocycles. The number of hydrogen-bond donors (Lipinski definition) is 1. The largest absolute Gasteiger partial charge is 0.355 e. The van der Waals surface area contributed by atoms with Crippen molar-refractivity contribution in [2.24, 2.45) is 0 Å². The normalized spacial score (nSPS) is 11.1. The van der Waals surface area contributed by atoms with Gasteiger partial charge in [0.05, 0.1) is 10.8 Å². The minimum atomic E-state index is -3.70. The molecule has 110 valence electrons. The van der Waals surface area contributed by atoms with Gasteiger partial charge in [-0.1, -0.05) is 19.1 Å². The van der Waals surface area contributed by atoms with Crippen LogP contribution in [0.15, 0.2) is 29.2 Å². The quantitative estimate of drug-likeness (QED) is 0.609. The molecule has 20 heavy (non-hydrogen) atoms. The summed E-state index contributed by atoms with van der Waals surface area (Å²) >= 11 is 5.41. The number of sulfone groups is 1. The van der Waals surface area contributed by atoms with Crippen molar-refractivity contribution in [1.29, 1.82) is 0 Å². The Morgan fingerprint density at radius 3 is 2.30 bits per heavy atom. The summed E-state index contributed by atoms with van der Waals surface area (Å²) in [6.45, 7) is 2.32. The molecule has 0 aliphatic carbocycles. The zero-order chi connectivity index (χ0) is 15.2. The van der Waals surface area contributed by atoms with Gasteiger partial charge in [0, 0.05) is 12.1 Å². The Balaban J connectivity index is 2.82. The van der Waals surface area contributed by atoms with E-state index < -0.39 is 21.5 Å². The number of carbonyl (C=O) groups excluding carboxylic acids is 2. The Morgan fingerprint density at radius 2 is 1.80 bits per heavy atom. The van der Waals surface area contributed by atoms with Gasteiger partial charge in [0.1, 0.15) is 5.75 Å². The van der Waals surface area contributed by atoms with E-state index >= 15 is 0 Å². The Bertz CT molecular complexity index is 581. The summed E-state index contributed by atoms with van der Waals surface area (Å²) in [4.78, 5) is 22.8. The van der Waals surface area contributed by atoms with Crippen LogP contribution >= 0.6 is 11.6 Å². The summed E-state index contributed by atoms with van der Waals surface area (Å²) in [7, 11) is -3.70. The van der Waals surface area contributed by atoms with Crippen LogP contribution in [0.2, 0.25) is 0 Å². The Labute approximate surface area is 123 Å². The molecule has 1 N–H and O–H groups in total. The highest BCUT2D eigenvalue weighted by Crippen LogP contribution is 2.13. The number of carbonyl (C=O) groups is 2. The number of nitrogens with one attached hydrogen (secondary N) is 1. The lowest BCUT2D eigenvalue weighted by molar-refractivity contribution is -0.118. The number of rotatable bonds is 7. The van der Waals surface area contributed by atoms with Crippen LogP contribution in [0.5, 0.6) is 0 Å². The maximum atomic E-state index is 12.0. The van der Waals surface area contributed by atoms with Crippen molar-refractivity contribution in [3.05, 3.63) is 29.8 Å². The van der Waals surface area contributed by atoms with E-state index in [0.717, 1.165) is 6.42 Å². The molecule has 0 heterocycles. The van der Waals surface area contributed by atoms with Gasteiger partial charge in [-0.05, 0) is 18.6 Å². The molecule has 0 aliphatic rings. The van der Waals surface area contributed by atoms with E-state index in [-0.39, 0.29) is 16.6 Å². The van der Waals surface area contributed by atoms with Crippen LogP contribution in [0.1, 0.15) is 23.7 Å². The highest BCUT2D eigenvalue weighted by atomic mass is 35.5. The summed E-state index contributed by atoms with van der Waals surface area (Å²) in [6.07, 6.45) is 0.737. The zero-order valence-corrected chi connectivity index (χ0v) is 12.6. The molecular formula is C13H16ClNO4S. The molecule has 7 heteroatoms. The van der Waals surface area contributed by atoms with Crippen molar-refractivity contribution < 1.29 is 18.0 Å². The van der Waals surface area contributed by atoms with Crippen LogP contribution in [-0.2, 0) is 14.6 Å². The van der Waals surface area contributed by atoms with Crippen LogP contribution in [-0.4, -0.2) is 38.3 Å². The predicted molar refractivity (Wildman–Crippen MR) is 76.8 cm³/mol. The Kier molecular flexibility index (Phi) is 6.16. The van der Waals surface area contributed by atoms with Gasteiger partial charge in [0.25, 0.3) is 0 Å². The monoisotopic (exact) mass is 317 g/mol. The minimum absolute atomic E-state index is 0.00951. The third kappa shape index (κ3) is 4.61. The first-order valence-corrected chi connectivity index (χ1v) is 8.28. The first-order chi connectivity index (χ1) is 9.40. The predicted octanol–water partition coefficient (Wildman–Crippen LogP) is 1.41. The molecule has 5 nitrogen and oxygen atoms in total. The van der Waals surface area contributed by atoms with Crippen LogP contribution < -0.4 is 5.32 Å². The molecule has 0 saturated carbocycles. The van der Waals surface area contributed by atoms with E-state index in [1.54, 1.807) is 0 Å². The van der Waals surface area contributed by atoms with Gasteiger partial charge in [-0.3, -0.25) is 9.59 Å². The molecule has 0 atom stereocenters. The third-order valence-electron chi connectivity index (χ3n) is 2.55. The maximum absolute atomic E-state index is 12.0. The van der Waals surface area contributed by atoms with Crippen LogP contribution in [0, 0.1) is 0 Å². The fourth-order valence-corrected chi connectivity index (χ4v) is 2.82. The highest BCUT2D eigenvalue weighted by molar-refractivity contribution is 7.92. The van der Waals surface area contributed by atoms with E-state index in [4.69, 9.17) is 11.6 Å². The number of alkyl halides is 1. The van der Waals surface area contributed by atoms with Gasteiger partial charge >= 0.3 is 0 Å². The Morgan fingerprint density at radius 1 is 1.20 bits per heavy atom. The van der Waals surface area contributed by atoms with E-state index in [9.17, 15) is 18.0 Å². The molecule has 1 aromatic rings. The van der Waals surface area contributed by atoms with Gasteiger partial charge in [-0.2, -0.15) is 0 Å². The number of Topliss-reactive ketones (excluding diaryl/α,β-unsaturated/α-hetero) is 1. The highest BCUT2D eigenvalue weighted by Gasteiger charge is 2.19. The third-order valence-corrected chi connectivity index (χ3v) is 4.43. The van der Waals surface area contributed by atoms with Crippen molar-refractivity contribution in [3.8, 4) is 0 Å². The number of halogens is 1. The van der Waals surface area contributed by atoms with Crippen molar-refractivity contribution in [2.45, 2.75) is 18.2 Å². The van der Waals surface area contributed by atoms with Gasteiger partial charge in [-0.15, -0.1) is 11.6 Å². The van der Waals surface area contributed by atoms with E-state index in [0.29, 0.717) is 12.1 Å². The van der Waals surface area contributed by atoms with Crippen molar-refractivity contribution in [2.75, 3.05) is 18.2 Å². The Hall–Kier alpha value is -1.40. The lowest BCUT2D eigenvalue weighted by Crippen LogP contribution is -2.30. The second kappa shape index (κ2) is 7.40. The molecule has 0 spiro atoms. The summed E-state index contributed by atoms with van der Waals surface area (Å²) in [6, 6.07) is 5.40. The van der Waals surface area contributed by atoms with Gasteiger partial charge in [0.2, 0.25) is 5.91 Å².